The molecule has 1 saturated carbocycles. The summed E-state index contributed by atoms with van der Waals surface area (Å²) in [7, 11) is 0. The number of fused-ring (bicyclic) bond motifs is 1. The normalized spacial score (nSPS) is 32.0. The van der Waals surface area contributed by atoms with Gasteiger partial charge in [-0.25, -0.2) is 0 Å². The molecule has 126 valence electrons. The Hall–Kier alpha value is -0.790. The van der Waals surface area contributed by atoms with E-state index in [-0.39, 0.29) is 5.41 Å². The van der Waals surface area contributed by atoms with Crippen molar-refractivity contribution < 1.29 is 5.21 Å². The van der Waals surface area contributed by atoms with Crippen molar-refractivity contribution in [3.63, 3.8) is 0 Å². The van der Waals surface area contributed by atoms with E-state index in [4.69, 9.17) is 0 Å². The van der Waals surface area contributed by atoms with Crippen LogP contribution in [-0.2, 0) is 0 Å². The maximum Gasteiger partial charge on any atom is 0.0675 e. The van der Waals surface area contributed by atoms with Crippen LogP contribution in [0.3, 0.4) is 0 Å². The first kappa shape index (κ1) is 17.6. The van der Waals surface area contributed by atoms with Crippen molar-refractivity contribution in [3.05, 3.63) is 12.2 Å². The van der Waals surface area contributed by atoms with Gasteiger partial charge in [0.2, 0.25) is 0 Å². The number of rotatable bonds is 10. The lowest BCUT2D eigenvalue weighted by Crippen LogP contribution is -2.58. The van der Waals surface area contributed by atoms with Gasteiger partial charge < -0.3 is 5.21 Å². The first-order chi connectivity index (χ1) is 10.8. The molecule has 0 amide bonds. The van der Waals surface area contributed by atoms with E-state index in [0.29, 0.717) is 11.8 Å². The van der Waals surface area contributed by atoms with Crippen LogP contribution in [0.4, 0.5) is 0 Å². The second kappa shape index (κ2) is 8.74. The van der Waals surface area contributed by atoms with Crippen molar-refractivity contribution in [2.24, 2.45) is 22.4 Å². The van der Waals surface area contributed by atoms with Gasteiger partial charge in [-0.05, 0) is 31.6 Å². The van der Waals surface area contributed by atoms with Gasteiger partial charge in [-0.3, -0.25) is 0 Å². The summed E-state index contributed by atoms with van der Waals surface area (Å²) in [4.78, 5) is 0. The molecule has 2 rings (SSSR count). The molecule has 0 aromatic carbocycles. The van der Waals surface area contributed by atoms with Crippen LogP contribution in [0, 0.1) is 17.3 Å². The monoisotopic (exact) mass is 305 g/mol. The molecule has 2 aliphatic carbocycles. The molecule has 0 aliphatic heterocycles. The van der Waals surface area contributed by atoms with E-state index in [1.807, 2.05) is 0 Å². The second-order valence-electron chi connectivity index (χ2n) is 7.40. The Balaban J connectivity index is 1.95. The summed E-state index contributed by atoms with van der Waals surface area (Å²) in [6.07, 6.45) is 20.1. The lowest BCUT2D eigenvalue weighted by molar-refractivity contribution is 0.114. The smallest absolute Gasteiger partial charge is 0.0675 e. The lowest BCUT2D eigenvalue weighted by Gasteiger charge is -2.57. The van der Waals surface area contributed by atoms with Crippen LogP contribution >= 0.6 is 0 Å². The van der Waals surface area contributed by atoms with E-state index >= 15 is 0 Å². The molecule has 0 bridgehead atoms. The van der Waals surface area contributed by atoms with Gasteiger partial charge in [0.05, 0.1) is 5.71 Å². The molecule has 0 saturated heterocycles. The van der Waals surface area contributed by atoms with Crippen LogP contribution in [0.2, 0.25) is 0 Å². The number of oxime groups is 1. The minimum atomic E-state index is 0.215. The Morgan fingerprint density at radius 3 is 2.50 bits per heavy atom. The number of unbranched alkanes of at least 4 members (excludes halogenated alkanes) is 6. The molecule has 1 fully saturated rings. The van der Waals surface area contributed by atoms with E-state index in [2.05, 4.69) is 31.2 Å². The van der Waals surface area contributed by atoms with E-state index in [1.165, 1.54) is 70.6 Å². The molecule has 3 atom stereocenters. The summed E-state index contributed by atoms with van der Waals surface area (Å²) in [5, 5.41) is 13.4. The van der Waals surface area contributed by atoms with Gasteiger partial charge in [0.25, 0.3) is 0 Å². The van der Waals surface area contributed by atoms with Crippen LogP contribution in [0.5, 0.6) is 0 Å². The third-order valence-electron chi connectivity index (χ3n) is 5.99. The predicted octanol–water partition coefficient (Wildman–Crippen LogP) is 6.34. The van der Waals surface area contributed by atoms with E-state index in [9.17, 15) is 5.21 Å². The van der Waals surface area contributed by atoms with Gasteiger partial charge in [-0.2, -0.15) is 0 Å². The molecule has 3 unspecified atom stereocenters. The zero-order chi connectivity index (χ0) is 15.8. The molecular formula is C20H35NO. The highest BCUT2D eigenvalue weighted by Crippen LogP contribution is 2.58. The van der Waals surface area contributed by atoms with E-state index < -0.39 is 0 Å². The van der Waals surface area contributed by atoms with Crippen molar-refractivity contribution in [1.29, 1.82) is 0 Å². The fraction of sp³-hybridized carbons (Fsp3) is 0.850. The van der Waals surface area contributed by atoms with E-state index in [1.54, 1.807) is 0 Å². The topological polar surface area (TPSA) is 32.6 Å². The van der Waals surface area contributed by atoms with Crippen LogP contribution in [-0.4, -0.2) is 10.9 Å². The minimum Gasteiger partial charge on any atom is -0.411 e. The molecule has 0 aromatic heterocycles. The van der Waals surface area contributed by atoms with Gasteiger partial charge in [0, 0.05) is 11.3 Å². The van der Waals surface area contributed by atoms with Gasteiger partial charge >= 0.3 is 0 Å². The Labute approximate surface area is 137 Å². The lowest BCUT2D eigenvalue weighted by atomic mass is 9.46. The Bertz CT molecular complexity index is 387. The fourth-order valence-corrected chi connectivity index (χ4v) is 4.76. The van der Waals surface area contributed by atoms with Crippen molar-refractivity contribution in [1.82, 2.24) is 0 Å². The van der Waals surface area contributed by atoms with Crippen molar-refractivity contribution >= 4 is 5.71 Å². The van der Waals surface area contributed by atoms with Crippen LogP contribution in [0.15, 0.2) is 17.3 Å². The summed E-state index contributed by atoms with van der Waals surface area (Å²) in [5.41, 5.74) is 1.36. The Morgan fingerprint density at radius 1 is 1.09 bits per heavy atom. The fourth-order valence-electron chi connectivity index (χ4n) is 4.76. The molecular weight excluding hydrogens is 270 g/mol. The molecule has 2 nitrogen and oxygen atoms in total. The van der Waals surface area contributed by atoms with Gasteiger partial charge in [0.1, 0.15) is 0 Å². The molecule has 2 heteroatoms. The van der Waals surface area contributed by atoms with E-state index in [0.717, 1.165) is 12.1 Å². The molecule has 1 N–H and O–H groups in total. The van der Waals surface area contributed by atoms with Gasteiger partial charge in [-0.15, -0.1) is 0 Å². The maximum absolute atomic E-state index is 9.63. The number of allylic oxidation sites excluding steroid dienone is 2. The van der Waals surface area contributed by atoms with Crippen molar-refractivity contribution in [3.8, 4) is 0 Å². The molecule has 0 radical (unpaired) electrons. The highest BCUT2D eigenvalue weighted by atomic mass is 16.4. The molecule has 0 spiro atoms. The van der Waals surface area contributed by atoms with Crippen molar-refractivity contribution in [2.45, 2.75) is 90.9 Å². The third kappa shape index (κ3) is 3.58. The average molecular weight is 306 g/mol. The molecule has 22 heavy (non-hydrogen) atoms. The third-order valence-corrected chi connectivity index (χ3v) is 5.99. The van der Waals surface area contributed by atoms with Gasteiger partial charge in [0.15, 0.2) is 0 Å². The summed E-state index contributed by atoms with van der Waals surface area (Å²) in [6, 6.07) is 0. The summed E-state index contributed by atoms with van der Waals surface area (Å²) in [5.74, 6) is 1.17. The Kier molecular flexibility index (Phi) is 6.98. The van der Waals surface area contributed by atoms with Gasteiger partial charge in [-0.1, -0.05) is 82.5 Å². The second-order valence-corrected chi connectivity index (χ2v) is 7.40. The average Bonchev–Trinajstić information content (AvgIpc) is 2.53. The quantitative estimate of drug-likeness (QED) is 0.217. The summed E-state index contributed by atoms with van der Waals surface area (Å²) < 4.78 is 0. The van der Waals surface area contributed by atoms with Crippen LogP contribution < -0.4 is 0 Å². The highest BCUT2D eigenvalue weighted by Gasteiger charge is 2.58. The standard InChI is InChI=1S/C20H35NO/c1-3-5-7-9-13-17-18-14-10-12-16-20(18,19(17)21-22)15-11-8-6-4-2/h10,14,17-18,22H,3-9,11-13,15-16H2,1-2H3. The molecule has 2 aliphatic rings. The number of hydrogen-bond acceptors (Lipinski definition) is 2. The summed E-state index contributed by atoms with van der Waals surface area (Å²) >= 11 is 0. The van der Waals surface area contributed by atoms with Crippen LogP contribution in [0.1, 0.15) is 90.9 Å². The summed E-state index contributed by atoms with van der Waals surface area (Å²) in [6.45, 7) is 4.52. The largest absolute Gasteiger partial charge is 0.411 e. The molecule has 0 aromatic rings. The zero-order valence-corrected chi connectivity index (χ0v) is 14.7. The maximum atomic E-state index is 9.63. The zero-order valence-electron chi connectivity index (χ0n) is 14.7. The Morgan fingerprint density at radius 2 is 1.82 bits per heavy atom. The molecule has 0 heterocycles. The first-order valence-corrected chi connectivity index (χ1v) is 9.69. The first-order valence-electron chi connectivity index (χ1n) is 9.69. The number of hydrogen-bond donors (Lipinski definition) is 1. The number of nitrogens with zero attached hydrogens (tertiary/aromatic N) is 1. The van der Waals surface area contributed by atoms with Crippen molar-refractivity contribution in [2.75, 3.05) is 0 Å². The SMILES string of the molecule is CCCCCCC1C(=NO)C2(CCCCCC)CCC=CC12. The minimum absolute atomic E-state index is 0.215. The highest BCUT2D eigenvalue weighted by molar-refractivity contribution is 5.99. The predicted molar refractivity (Wildman–Crippen MR) is 94.5 cm³/mol. The van der Waals surface area contributed by atoms with Crippen LogP contribution in [0.25, 0.3) is 0 Å².